The van der Waals surface area contributed by atoms with E-state index in [2.05, 4.69) is 16.0 Å². The zero-order valence-electron chi connectivity index (χ0n) is 14.1. The Morgan fingerprint density at radius 1 is 1.25 bits per heavy atom. The summed E-state index contributed by atoms with van der Waals surface area (Å²) in [5, 5.41) is 9.34. The average molecular weight is 329 g/mol. The summed E-state index contributed by atoms with van der Waals surface area (Å²) >= 11 is 0. The van der Waals surface area contributed by atoms with Gasteiger partial charge in [0, 0.05) is 24.6 Å². The second kappa shape index (κ2) is 8.29. The van der Waals surface area contributed by atoms with E-state index in [1.54, 1.807) is 0 Å². The number of carbonyl (C=O) groups is 2. The third kappa shape index (κ3) is 4.57. The van der Waals surface area contributed by atoms with Gasteiger partial charge in [-0.15, -0.1) is 0 Å². The lowest BCUT2D eigenvalue weighted by atomic mass is 9.89. The Balaban J connectivity index is 1.37. The molecule has 0 aliphatic carbocycles. The van der Waals surface area contributed by atoms with Crippen LogP contribution >= 0.6 is 0 Å². The molecule has 2 amide bonds. The van der Waals surface area contributed by atoms with Gasteiger partial charge in [-0.2, -0.15) is 0 Å². The van der Waals surface area contributed by atoms with E-state index >= 15 is 0 Å². The SMILES string of the molecule is O=C(CCC1Cc2ccccc2NC1=O)NCCC1CCCNC1. The zero-order valence-corrected chi connectivity index (χ0v) is 14.1. The Morgan fingerprint density at radius 3 is 2.96 bits per heavy atom. The molecule has 0 bridgehead atoms. The van der Waals surface area contributed by atoms with Crippen molar-refractivity contribution in [2.45, 2.75) is 38.5 Å². The fourth-order valence-corrected chi connectivity index (χ4v) is 3.63. The summed E-state index contributed by atoms with van der Waals surface area (Å²) < 4.78 is 0. The molecule has 2 atom stereocenters. The zero-order chi connectivity index (χ0) is 16.8. The molecule has 5 heteroatoms. The van der Waals surface area contributed by atoms with Crippen molar-refractivity contribution in [2.24, 2.45) is 11.8 Å². The second-order valence-corrected chi connectivity index (χ2v) is 6.94. The highest BCUT2D eigenvalue weighted by Crippen LogP contribution is 2.27. The quantitative estimate of drug-likeness (QED) is 0.748. The van der Waals surface area contributed by atoms with Gasteiger partial charge in [0.2, 0.25) is 11.8 Å². The molecule has 0 aromatic heterocycles. The summed E-state index contributed by atoms with van der Waals surface area (Å²) in [6.07, 6.45) is 5.28. The minimum Gasteiger partial charge on any atom is -0.356 e. The first kappa shape index (κ1) is 17.0. The largest absolute Gasteiger partial charge is 0.356 e. The molecule has 2 unspecified atom stereocenters. The minimum atomic E-state index is -0.104. The highest BCUT2D eigenvalue weighted by Gasteiger charge is 2.26. The minimum absolute atomic E-state index is 0.0368. The third-order valence-corrected chi connectivity index (χ3v) is 5.11. The molecule has 2 aliphatic heterocycles. The van der Waals surface area contributed by atoms with E-state index in [4.69, 9.17) is 0 Å². The van der Waals surface area contributed by atoms with Crippen LogP contribution in [0.25, 0.3) is 0 Å². The summed E-state index contributed by atoms with van der Waals surface area (Å²) in [5.74, 6) is 0.674. The third-order valence-electron chi connectivity index (χ3n) is 5.11. The predicted octanol–water partition coefficient (Wildman–Crippen LogP) is 2.08. The molecule has 130 valence electrons. The standard InChI is InChI=1S/C19H27N3O2/c23-18(21-11-9-14-4-3-10-20-13-14)8-7-16-12-15-5-1-2-6-17(15)22-19(16)24/h1-2,5-6,14,16,20H,3-4,7-13H2,(H,21,23)(H,22,24). The van der Waals surface area contributed by atoms with Gasteiger partial charge in [0.05, 0.1) is 0 Å². The molecule has 0 radical (unpaired) electrons. The smallest absolute Gasteiger partial charge is 0.227 e. The molecule has 5 nitrogen and oxygen atoms in total. The predicted molar refractivity (Wildman–Crippen MR) is 94.7 cm³/mol. The van der Waals surface area contributed by atoms with Crippen molar-refractivity contribution < 1.29 is 9.59 Å². The summed E-state index contributed by atoms with van der Waals surface area (Å²) in [5.41, 5.74) is 2.07. The van der Waals surface area contributed by atoms with Gasteiger partial charge in [-0.25, -0.2) is 0 Å². The Labute approximate surface area is 143 Å². The van der Waals surface area contributed by atoms with Crippen LogP contribution < -0.4 is 16.0 Å². The molecule has 3 rings (SSSR count). The first-order chi connectivity index (χ1) is 11.7. The van der Waals surface area contributed by atoms with E-state index in [1.807, 2.05) is 24.3 Å². The number of carbonyl (C=O) groups excluding carboxylic acids is 2. The number of hydrogen-bond donors (Lipinski definition) is 3. The van der Waals surface area contributed by atoms with Crippen molar-refractivity contribution >= 4 is 17.5 Å². The molecule has 0 spiro atoms. The number of rotatable bonds is 6. The lowest BCUT2D eigenvalue weighted by Crippen LogP contribution is -2.34. The monoisotopic (exact) mass is 329 g/mol. The Hall–Kier alpha value is -1.88. The second-order valence-electron chi connectivity index (χ2n) is 6.94. The van der Waals surface area contributed by atoms with E-state index in [-0.39, 0.29) is 17.7 Å². The summed E-state index contributed by atoms with van der Waals surface area (Å²) in [6.45, 7) is 2.93. The van der Waals surface area contributed by atoms with Crippen LogP contribution in [0.4, 0.5) is 5.69 Å². The average Bonchev–Trinajstić information content (AvgIpc) is 2.61. The Bertz CT molecular complexity index is 582. The van der Waals surface area contributed by atoms with Crippen molar-refractivity contribution in [2.75, 3.05) is 25.0 Å². The van der Waals surface area contributed by atoms with Gasteiger partial charge in [-0.1, -0.05) is 18.2 Å². The molecule has 1 aromatic rings. The van der Waals surface area contributed by atoms with E-state index in [1.165, 1.54) is 12.8 Å². The van der Waals surface area contributed by atoms with Gasteiger partial charge < -0.3 is 16.0 Å². The molecule has 24 heavy (non-hydrogen) atoms. The van der Waals surface area contributed by atoms with Gasteiger partial charge in [-0.05, 0) is 62.7 Å². The number of fused-ring (bicyclic) bond motifs is 1. The summed E-state index contributed by atoms with van der Waals surface area (Å²) in [6, 6.07) is 7.88. The van der Waals surface area contributed by atoms with Gasteiger partial charge in [-0.3, -0.25) is 9.59 Å². The van der Waals surface area contributed by atoms with E-state index in [0.29, 0.717) is 18.8 Å². The molecule has 0 saturated carbocycles. The van der Waals surface area contributed by atoms with Crippen molar-refractivity contribution in [3.8, 4) is 0 Å². The molecule has 1 fully saturated rings. The number of nitrogens with one attached hydrogen (secondary N) is 3. The van der Waals surface area contributed by atoms with Gasteiger partial charge in [0.25, 0.3) is 0 Å². The van der Waals surface area contributed by atoms with Gasteiger partial charge >= 0.3 is 0 Å². The molecule has 2 aliphatic rings. The first-order valence-electron chi connectivity index (χ1n) is 9.08. The number of piperidine rings is 1. The van der Waals surface area contributed by atoms with Crippen LogP contribution in [0.15, 0.2) is 24.3 Å². The number of para-hydroxylation sites is 1. The van der Waals surface area contributed by atoms with Crippen LogP contribution in [0.2, 0.25) is 0 Å². The lowest BCUT2D eigenvalue weighted by molar-refractivity contribution is -0.122. The van der Waals surface area contributed by atoms with Crippen LogP contribution in [-0.2, 0) is 16.0 Å². The molecule has 1 saturated heterocycles. The number of hydrogen-bond acceptors (Lipinski definition) is 3. The Kier molecular flexibility index (Phi) is 5.86. The molecular formula is C19H27N3O2. The highest BCUT2D eigenvalue weighted by atomic mass is 16.2. The maximum atomic E-state index is 12.1. The van der Waals surface area contributed by atoms with Gasteiger partial charge in [0.1, 0.15) is 0 Å². The number of amides is 2. The highest BCUT2D eigenvalue weighted by molar-refractivity contribution is 5.96. The van der Waals surface area contributed by atoms with E-state index in [0.717, 1.165) is 43.7 Å². The van der Waals surface area contributed by atoms with Crippen LogP contribution in [0, 0.1) is 11.8 Å². The molecule has 3 N–H and O–H groups in total. The maximum Gasteiger partial charge on any atom is 0.227 e. The fraction of sp³-hybridized carbons (Fsp3) is 0.579. The fourth-order valence-electron chi connectivity index (χ4n) is 3.63. The normalized spacial score (nSPS) is 23.2. The maximum absolute atomic E-state index is 12.1. The van der Waals surface area contributed by atoms with Crippen molar-refractivity contribution in [3.63, 3.8) is 0 Å². The Morgan fingerprint density at radius 2 is 2.12 bits per heavy atom. The molecular weight excluding hydrogens is 302 g/mol. The first-order valence-corrected chi connectivity index (χ1v) is 9.08. The number of benzene rings is 1. The van der Waals surface area contributed by atoms with E-state index < -0.39 is 0 Å². The molecule has 1 aromatic carbocycles. The van der Waals surface area contributed by atoms with E-state index in [9.17, 15) is 9.59 Å². The van der Waals surface area contributed by atoms with Crippen LogP contribution in [0.3, 0.4) is 0 Å². The van der Waals surface area contributed by atoms with Gasteiger partial charge in [0.15, 0.2) is 0 Å². The summed E-state index contributed by atoms with van der Waals surface area (Å²) in [7, 11) is 0. The number of anilines is 1. The van der Waals surface area contributed by atoms with Crippen molar-refractivity contribution in [3.05, 3.63) is 29.8 Å². The lowest BCUT2D eigenvalue weighted by Gasteiger charge is -2.24. The molecule has 2 heterocycles. The van der Waals surface area contributed by atoms with Crippen LogP contribution in [0.1, 0.15) is 37.7 Å². The van der Waals surface area contributed by atoms with Crippen molar-refractivity contribution in [1.29, 1.82) is 0 Å². The van der Waals surface area contributed by atoms with Crippen molar-refractivity contribution in [1.82, 2.24) is 10.6 Å². The van der Waals surface area contributed by atoms with Crippen LogP contribution in [-0.4, -0.2) is 31.4 Å². The topological polar surface area (TPSA) is 70.2 Å². The summed E-state index contributed by atoms with van der Waals surface area (Å²) in [4.78, 5) is 24.2. The van der Waals surface area contributed by atoms with Crippen LogP contribution in [0.5, 0.6) is 0 Å².